The van der Waals surface area contributed by atoms with Gasteiger partial charge < -0.3 is 9.53 Å². The first-order chi connectivity index (χ1) is 7.67. The normalized spacial score (nSPS) is 11.9. The second-order valence-electron chi connectivity index (χ2n) is 3.70. The zero-order chi connectivity index (χ0) is 12.0. The molecule has 0 saturated heterocycles. The molecular formula is C13H16O3. The SMILES string of the molecule is CCOc1ccc(C(=O)C[C@H](C)C=O)cc1. The van der Waals surface area contributed by atoms with E-state index in [0.717, 1.165) is 12.0 Å². The molecule has 0 heterocycles. The van der Waals surface area contributed by atoms with Crippen LogP contribution in [0, 0.1) is 5.92 Å². The number of aldehydes is 1. The second-order valence-corrected chi connectivity index (χ2v) is 3.70. The zero-order valence-corrected chi connectivity index (χ0v) is 9.60. The third-order valence-electron chi connectivity index (χ3n) is 2.23. The number of rotatable bonds is 6. The third kappa shape index (κ3) is 3.50. The van der Waals surface area contributed by atoms with E-state index in [9.17, 15) is 9.59 Å². The van der Waals surface area contributed by atoms with Gasteiger partial charge in [0.15, 0.2) is 5.78 Å². The van der Waals surface area contributed by atoms with Crippen LogP contribution in [0.4, 0.5) is 0 Å². The van der Waals surface area contributed by atoms with E-state index in [2.05, 4.69) is 0 Å². The predicted octanol–water partition coefficient (Wildman–Crippen LogP) is 2.49. The second kappa shape index (κ2) is 6.05. The lowest BCUT2D eigenvalue weighted by Gasteiger charge is -2.05. The molecule has 0 unspecified atom stereocenters. The summed E-state index contributed by atoms with van der Waals surface area (Å²) in [6, 6.07) is 6.99. The van der Waals surface area contributed by atoms with Gasteiger partial charge in [-0.2, -0.15) is 0 Å². The fourth-order valence-corrected chi connectivity index (χ4v) is 1.36. The summed E-state index contributed by atoms with van der Waals surface area (Å²) in [5.74, 6) is 0.518. The highest BCUT2D eigenvalue weighted by Crippen LogP contribution is 2.14. The van der Waals surface area contributed by atoms with Crippen LogP contribution in [-0.4, -0.2) is 18.7 Å². The van der Waals surface area contributed by atoms with Crippen LogP contribution in [0.1, 0.15) is 30.6 Å². The molecule has 3 heteroatoms. The maximum atomic E-state index is 11.7. The van der Waals surface area contributed by atoms with Crippen molar-refractivity contribution in [3.05, 3.63) is 29.8 Å². The van der Waals surface area contributed by atoms with Crippen LogP contribution in [0.2, 0.25) is 0 Å². The first kappa shape index (κ1) is 12.4. The molecule has 16 heavy (non-hydrogen) atoms. The maximum absolute atomic E-state index is 11.7. The molecule has 0 amide bonds. The van der Waals surface area contributed by atoms with Crippen molar-refractivity contribution in [2.24, 2.45) is 5.92 Å². The van der Waals surface area contributed by atoms with Gasteiger partial charge in [-0.05, 0) is 31.2 Å². The van der Waals surface area contributed by atoms with Gasteiger partial charge in [-0.3, -0.25) is 4.79 Å². The summed E-state index contributed by atoms with van der Waals surface area (Å²) in [6.07, 6.45) is 1.06. The van der Waals surface area contributed by atoms with Gasteiger partial charge in [-0.15, -0.1) is 0 Å². The highest BCUT2D eigenvalue weighted by atomic mass is 16.5. The molecule has 1 atom stereocenters. The van der Waals surface area contributed by atoms with Crippen LogP contribution in [0.5, 0.6) is 5.75 Å². The van der Waals surface area contributed by atoms with Gasteiger partial charge in [0.2, 0.25) is 0 Å². The van der Waals surface area contributed by atoms with E-state index in [1.54, 1.807) is 31.2 Å². The van der Waals surface area contributed by atoms with Crippen molar-refractivity contribution in [1.29, 1.82) is 0 Å². The Bertz CT molecular complexity index is 354. The maximum Gasteiger partial charge on any atom is 0.163 e. The summed E-state index contributed by atoms with van der Waals surface area (Å²) in [6.45, 7) is 4.25. The molecule has 0 aliphatic carbocycles. The largest absolute Gasteiger partial charge is 0.494 e. The fourth-order valence-electron chi connectivity index (χ4n) is 1.36. The number of hydrogen-bond acceptors (Lipinski definition) is 3. The topological polar surface area (TPSA) is 43.4 Å². The summed E-state index contributed by atoms with van der Waals surface area (Å²) in [7, 11) is 0. The summed E-state index contributed by atoms with van der Waals surface area (Å²) >= 11 is 0. The number of benzene rings is 1. The Morgan fingerprint density at radius 3 is 2.50 bits per heavy atom. The van der Waals surface area contributed by atoms with Crippen LogP contribution >= 0.6 is 0 Å². The Morgan fingerprint density at radius 2 is 2.00 bits per heavy atom. The van der Waals surface area contributed by atoms with E-state index < -0.39 is 0 Å². The number of hydrogen-bond donors (Lipinski definition) is 0. The molecular weight excluding hydrogens is 204 g/mol. The lowest BCUT2D eigenvalue weighted by atomic mass is 10.0. The number of ketones is 1. The van der Waals surface area contributed by atoms with Gasteiger partial charge >= 0.3 is 0 Å². The van der Waals surface area contributed by atoms with Crippen LogP contribution in [0.25, 0.3) is 0 Å². The third-order valence-corrected chi connectivity index (χ3v) is 2.23. The van der Waals surface area contributed by atoms with Crippen molar-refractivity contribution in [2.75, 3.05) is 6.61 Å². The van der Waals surface area contributed by atoms with E-state index in [1.807, 2.05) is 6.92 Å². The summed E-state index contributed by atoms with van der Waals surface area (Å²) in [5, 5.41) is 0. The lowest BCUT2D eigenvalue weighted by molar-refractivity contribution is -0.110. The minimum atomic E-state index is -0.223. The van der Waals surface area contributed by atoms with Crippen LogP contribution in [0.3, 0.4) is 0 Å². The van der Waals surface area contributed by atoms with Crippen LogP contribution < -0.4 is 4.74 Å². The summed E-state index contributed by atoms with van der Waals surface area (Å²) in [5.41, 5.74) is 0.622. The fraction of sp³-hybridized carbons (Fsp3) is 0.385. The van der Waals surface area contributed by atoms with E-state index >= 15 is 0 Å². The highest BCUT2D eigenvalue weighted by Gasteiger charge is 2.10. The van der Waals surface area contributed by atoms with Gasteiger partial charge in [0.05, 0.1) is 6.61 Å². The van der Waals surface area contributed by atoms with Crippen molar-refractivity contribution < 1.29 is 14.3 Å². The predicted molar refractivity (Wildman–Crippen MR) is 61.8 cm³/mol. The molecule has 3 nitrogen and oxygen atoms in total. The number of carbonyl (C=O) groups is 2. The van der Waals surface area contributed by atoms with Crippen LogP contribution in [0.15, 0.2) is 24.3 Å². The molecule has 86 valence electrons. The van der Waals surface area contributed by atoms with Gasteiger partial charge in [-0.1, -0.05) is 6.92 Å². The van der Waals surface area contributed by atoms with Gasteiger partial charge in [0.1, 0.15) is 12.0 Å². The molecule has 1 aromatic rings. The van der Waals surface area contributed by atoms with Crippen molar-refractivity contribution in [1.82, 2.24) is 0 Å². The summed E-state index contributed by atoms with van der Waals surface area (Å²) in [4.78, 5) is 22.1. The van der Waals surface area contributed by atoms with Gasteiger partial charge in [-0.25, -0.2) is 0 Å². The van der Waals surface area contributed by atoms with Gasteiger partial charge in [0, 0.05) is 17.9 Å². The number of Topliss-reactive ketones (excluding diaryl/α,β-unsaturated/α-hetero) is 1. The van der Waals surface area contributed by atoms with Crippen LogP contribution in [-0.2, 0) is 4.79 Å². The zero-order valence-electron chi connectivity index (χ0n) is 9.60. The van der Waals surface area contributed by atoms with E-state index in [1.165, 1.54) is 0 Å². The Balaban J connectivity index is 2.66. The van der Waals surface area contributed by atoms with E-state index in [-0.39, 0.29) is 18.1 Å². The van der Waals surface area contributed by atoms with Crippen molar-refractivity contribution in [3.63, 3.8) is 0 Å². The molecule has 0 N–H and O–H groups in total. The van der Waals surface area contributed by atoms with Crippen molar-refractivity contribution in [3.8, 4) is 5.75 Å². The Labute approximate surface area is 95.4 Å². The van der Waals surface area contributed by atoms with E-state index in [4.69, 9.17) is 4.74 Å². The number of ether oxygens (including phenoxy) is 1. The first-order valence-corrected chi connectivity index (χ1v) is 5.38. The Morgan fingerprint density at radius 1 is 1.38 bits per heavy atom. The van der Waals surface area contributed by atoms with Gasteiger partial charge in [0.25, 0.3) is 0 Å². The minimum absolute atomic E-state index is 0.0114. The molecule has 1 aromatic carbocycles. The lowest BCUT2D eigenvalue weighted by Crippen LogP contribution is -2.06. The smallest absolute Gasteiger partial charge is 0.163 e. The molecule has 0 saturated carbocycles. The van der Waals surface area contributed by atoms with Crippen molar-refractivity contribution >= 4 is 12.1 Å². The standard InChI is InChI=1S/C13H16O3/c1-3-16-12-6-4-11(5-7-12)13(15)8-10(2)9-14/h4-7,9-10H,3,8H2,1-2H3/t10-/m0/s1. The number of carbonyl (C=O) groups excluding carboxylic acids is 2. The average Bonchev–Trinajstić information content (AvgIpc) is 2.30. The molecule has 1 rings (SSSR count). The minimum Gasteiger partial charge on any atom is -0.494 e. The molecule has 0 bridgehead atoms. The van der Waals surface area contributed by atoms with Crippen molar-refractivity contribution in [2.45, 2.75) is 20.3 Å². The Kier molecular flexibility index (Phi) is 4.70. The molecule has 0 spiro atoms. The molecule has 0 aromatic heterocycles. The molecule has 0 radical (unpaired) electrons. The Hall–Kier alpha value is -1.64. The first-order valence-electron chi connectivity index (χ1n) is 5.38. The monoisotopic (exact) mass is 220 g/mol. The molecule has 0 aliphatic rings. The van der Waals surface area contributed by atoms with E-state index in [0.29, 0.717) is 12.2 Å². The summed E-state index contributed by atoms with van der Waals surface area (Å²) < 4.78 is 5.28. The quantitative estimate of drug-likeness (QED) is 0.546. The molecule has 0 aliphatic heterocycles. The average molecular weight is 220 g/mol. The highest BCUT2D eigenvalue weighted by molar-refractivity contribution is 5.97. The molecule has 0 fully saturated rings.